The molecule has 26 heavy (non-hydrogen) atoms. The number of phenolic OH excluding ortho intramolecular Hbond substituents is 3. The van der Waals surface area contributed by atoms with E-state index >= 15 is 0 Å². The number of carbonyl (C=O) groups excluding carboxylic acids is 2. The van der Waals surface area contributed by atoms with Gasteiger partial charge in [0.1, 0.15) is 5.75 Å². The summed E-state index contributed by atoms with van der Waals surface area (Å²) in [5.41, 5.74) is -1.48. The Hall–Kier alpha value is -2.08. The monoisotopic (exact) mass is 362 g/mol. The number of phenols is 3. The second-order valence-electron chi connectivity index (χ2n) is 8.68. The minimum atomic E-state index is -0.859. The van der Waals surface area contributed by atoms with E-state index in [0.29, 0.717) is 6.42 Å². The van der Waals surface area contributed by atoms with Gasteiger partial charge in [0.25, 0.3) is 0 Å². The lowest BCUT2D eigenvalue weighted by molar-refractivity contribution is -0.128. The number of aromatic hydroxyl groups is 3. The van der Waals surface area contributed by atoms with Crippen LogP contribution < -0.4 is 0 Å². The Balaban J connectivity index is 2.40. The summed E-state index contributed by atoms with van der Waals surface area (Å²) in [6.45, 7) is 6.84. The van der Waals surface area contributed by atoms with E-state index in [1.807, 2.05) is 20.8 Å². The number of aliphatic hydroxyl groups excluding tert-OH is 1. The zero-order valence-corrected chi connectivity index (χ0v) is 15.6. The molecule has 2 aliphatic carbocycles. The van der Waals surface area contributed by atoms with Crippen LogP contribution >= 0.6 is 0 Å². The van der Waals surface area contributed by atoms with Gasteiger partial charge in [0.2, 0.25) is 11.6 Å². The maximum absolute atomic E-state index is 13.0. The van der Waals surface area contributed by atoms with Crippen molar-refractivity contribution >= 4 is 11.6 Å². The number of benzene rings is 1. The maximum Gasteiger partial charge on any atom is 0.233 e. The second-order valence-corrected chi connectivity index (χ2v) is 8.68. The van der Waals surface area contributed by atoms with Gasteiger partial charge < -0.3 is 20.4 Å². The molecule has 0 aromatic heterocycles. The molecule has 0 unspecified atom stereocenters. The molecule has 2 aliphatic rings. The molecule has 3 atom stereocenters. The summed E-state index contributed by atoms with van der Waals surface area (Å²) in [5.74, 6) is -4.26. The molecule has 0 aliphatic heterocycles. The molecule has 3 rings (SSSR count). The van der Waals surface area contributed by atoms with Crippen LogP contribution in [0.2, 0.25) is 0 Å². The largest absolute Gasteiger partial charge is 0.507 e. The van der Waals surface area contributed by atoms with Gasteiger partial charge in [-0.25, -0.2) is 0 Å². The average Bonchev–Trinajstić information content (AvgIpc) is 2.55. The van der Waals surface area contributed by atoms with Crippen molar-refractivity contribution in [3.05, 3.63) is 16.7 Å². The lowest BCUT2D eigenvalue weighted by atomic mass is 9.49. The number of rotatable bonds is 2. The van der Waals surface area contributed by atoms with Crippen LogP contribution in [-0.2, 0) is 10.2 Å². The highest BCUT2D eigenvalue weighted by Gasteiger charge is 2.59. The lowest BCUT2D eigenvalue weighted by Crippen LogP contribution is -2.54. The first-order chi connectivity index (χ1) is 12.0. The van der Waals surface area contributed by atoms with Gasteiger partial charge in [0, 0.05) is 35.0 Å². The Bertz CT molecular complexity index is 809. The van der Waals surface area contributed by atoms with Crippen molar-refractivity contribution in [1.29, 1.82) is 0 Å². The normalized spacial score (nSPS) is 28.4. The number of ketones is 2. The van der Waals surface area contributed by atoms with Crippen LogP contribution in [-0.4, -0.2) is 38.6 Å². The molecular formula is C20H26O6. The quantitative estimate of drug-likeness (QED) is 0.365. The molecule has 0 bridgehead atoms. The Kier molecular flexibility index (Phi) is 4.11. The van der Waals surface area contributed by atoms with Crippen molar-refractivity contribution in [2.75, 3.05) is 6.61 Å². The summed E-state index contributed by atoms with van der Waals surface area (Å²) in [7, 11) is 0. The second kappa shape index (κ2) is 5.71. The standard InChI is InChI=1S/C20H26O6/c1-9(8-21)10-13(22)11-12(16(25)14(10)23)20(4)7-5-6-19(2,3)18(20)17(26)15(11)24/h9,18,21-23,25H,5-8H2,1-4H3/t9-,18-,20-/m0/s1. The van der Waals surface area contributed by atoms with E-state index in [1.54, 1.807) is 6.92 Å². The predicted molar refractivity (Wildman–Crippen MR) is 94.7 cm³/mol. The molecule has 142 valence electrons. The topological polar surface area (TPSA) is 115 Å². The number of aliphatic hydroxyl groups is 1. The molecule has 4 N–H and O–H groups in total. The lowest BCUT2D eigenvalue weighted by Gasteiger charge is -2.52. The molecule has 0 spiro atoms. The summed E-state index contributed by atoms with van der Waals surface area (Å²) < 4.78 is 0. The number of hydrogen-bond acceptors (Lipinski definition) is 6. The maximum atomic E-state index is 13.0. The molecule has 0 heterocycles. The molecule has 6 heteroatoms. The third-order valence-electron chi connectivity index (χ3n) is 6.44. The summed E-state index contributed by atoms with van der Waals surface area (Å²) in [6, 6.07) is 0. The van der Waals surface area contributed by atoms with Crippen LogP contribution in [0.1, 0.15) is 74.4 Å². The predicted octanol–water partition coefficient (Wildman–Crippen LogP) is 2.75. The fourth-order valence-electron chi connectivity index (χ4n) is 5.29. The van der Waals surface area contributed by atoms with Crippen LogP contribution in [0.4, 0.5) is 0 Å². The molecule has 0 amide bonds. The molecule has 1 aromatic rings. The molecule has 6 nitrogen and oxygen atoms in total. The van der Waals surface area contributed by atoms with Gasteiger partial charge in [0.05, 0.1) is 5.56 Å². The molecule has 0 saturated heterocycles. The summed E-state index contributed by atoms with van der Waals surface area (Å²) in [6.07, 6.45) is 2.14. The van der Waals surface area contributed by atoms with Crippen LogP contribution in [0.15, 0.2) is 0 Å². The summed E-state index contributed by atoms with van der Waals surface area (Å²) in [5, 5.41) is 41.4. The van der Waals surface area contributed by atoms with Gasteiger partial charge in [-0.2, -0.15) is 0 Å². The minimum Gasteiger partial charge on any atom is -0.507 e. The van der Waals surface area contributed by atoms with Gasteiger partial charge >= 0.3 is 0 Å². The molecule has 1 saturated carbocycles. The smallest absolute Gasteiger partial charge is 0.233 e. The fraction of sp³-hybridized carbons (Fsp3) is 0.600. The zero-order valence-electron chi connectivity index (χ0n) is 15.6. The highest BCUT2D eigenvalue weighted by atomic mass is 16.3. The van der Waals surface area contributed by atoms with E-state index in [9.17, 15) is 30.0 Å². The highest BCUT2D eigenvalue weighted by Crippen LogP contribution is 2.61. The van der Waals surface area contributed by atoms with Crippen molar-refractivity contribution in [2.45, 2.75) is 58.3 Å². The minimum absolute atomic E-state index is 0.109. The van der Waals surface area contributed by atoms with Crippen molar-refractivity contribution in [2.24, 2.45) is 11.3 Å². The number of Topliss-reactive ketones (excluding diaryl/α,β-unsaturated/α-hetero) is 2. The molecule has 0 radical (unpaired) electrons. The van der Waals surface area contributed by atoms with Gasteiger partial charge in [-0.3, -0.25) is 9.59 Å². The van der Waals surface area contributed by atoms with E-state index in [2.05, 4.69) is 0 Å². The SMILES string of the molecule is C[C@@H](CO)c1c(O)c(O)c2c(c1O)C(=O)C(=O)[C@H]1C(C)(C)CCC[C@@]21C. The van der Waals surface area contributed by atoms with Crippen molar-refractivity contribution in [1.82, 2.24) is 0 Å². The summed E-state index contributed by atoms with van der Waals surface area (Å²) >= 11 is 0. The van der Waals surface area contributed by atoms with Crippen LogP contribution in [0.5, 0.6) is 17.2 Å². The van der Waals surface area contributed by atoms with Crippen molar-refractivity contribution < 1.29 is 30.0 Å². The first kappa shape index (κ1) is 18.7. The van der Waals surface area contributed by atoms with Crippen LogP contribution in [0.25, 0.3) is 0 Å². The molecular weight excluding hydrogens is 336 g/mol. The third-order valence-corrected chi connectivity index (χ3v) is 6.44. The van der Waals surface area contributed by atoms with Gasteiger partial charge in [0.15, 0.2) is 11.5 Å². The highest BCUT2D eigenvalue weighted by molar-refractivity contribution is 6.47. The Labute approximate surface area is 152 Å². The Morgan fingerprint density at radius 1 is 1.04 bits per heavy atom. The van der Waals surface area contributed by atoms with Gasteiger partial charge in [-0.15, -0.1) is 0 Å². The first-order valence-corrected chi connectivity index (χ1v) is 8.99. The van der Waals surface area contributed by atoms with E-state index < -0.39 is 58.1 Å². The van der Waals surface area contributed by atoms with Gasteiger partial charge in [-0.05, 0) is 18.3 Å². The van der Waals surface area contributed by atoms with Crippen LogP contribution in [0.3, 0.4) is 0 Å². The first-order valence-electron chi connectivity index (χ1n) is 8.99. The number of fused-ring (bicyclic) bond motifs is 3. The van der Waals surface area contributed by atoms with Gasteiger partial charge in [-0.1, -0.05) is 34.1 Å². The van der Waals surface area contributed by atoms with Crippen LogP contribution in [0, 0.1) is 11.3 Å². The number of carbonyl (C=O) groups is 2. The molecule has 1 aromatic carbocycles. The third kappa shape index (κ3) is 2.21. The molecule has 1 fully saturated rings. The van der Waals surface area contributed by atoms with Crippen molar-refractivity contribution in [3.8, 4) is 17.2 Å². The Morgan fingerprint density at radius 2 is 1.65 bits per heavy atom. The van der Waals surface area contributed by atoms with E-state index in [-0.39, 0.29) is 16.7 Å². The Morgan fingerprint density at radius 3 is 2.23 bits per heavy atom. The average molecular weight is 362 g/mol. The van der Waals surface area contributed by atoms with E-state index in [0.717, 1.165) is 12.8 Å². The van der Waals surface area contributed by atoms with Crippen molar-refractivity contribution in [3.63, 3.8) is 0 Å². The fourth-order valence-corrected chi connectivity index (χ4v) is 5.29. The van der Waals surface area contributed by atoms with E-state index in [1.165, 1.54) is 0 Å². The summed E-state index contributed by atoms with van der Waals surface area (Å²) in [4.78, 5) is 25.9. The zero-order chi connectivity index (χ0) is 19.6. The number of hydrogen-bond donors (Lipinski definition) is 4. The van der Waals surface area contributed by atoms with E-state index in [4.69, 9.17) is 0 Å².